The van der Waals surface area contributed by atoms with Gasteiger partial charge in [0, 0.05) is 17.1 Å². The van der Waals surface area contributed by atoms with Gasteiger partial charge in [0.1, 0.15) is 0 Å². The van der Waals surface area contributed by atoms with Crippen LogP contribution in [0.5, 0.6) is 0 Å². The molecule has 0 saturated carbocycles. The molecule has 0 aromatic heterocycles. The molecule has 0 heterocycles. The lowest BCUT2D eigenvalue weighted by molar-refractivity contribution is 1.28. The fraction of sp³-hybridized carbons (Fsp3) is 0. The van der Waals surface area contributed by atoms with Gasteiger partial charge in [-0.3, -0.25) is 0 Å². The van der Waals surface area contributed by atoms with Crippen molar-refractivity contribution < 1.29 is 0 Å². The molecule has 0 unspecified atom stereocenters. The van der Waals surface area contributed by atoms with Gasteiger partial charge in [0.15, 0.2) is 0 Å². The SMILES string of the molecule is c1ccc(-c2ccc(-c3ccc(-c4ccccc4-c4ccc(N(c5ccc(-c6ccccc6-c6ccc(-c7ccc(-c8ccccc8)cc7)cc6)cc5)c5cc(-c6ccccc6)cc(-c6ccccc6)c5)cc4)cc3)cc2)cc1. The largest absolute Gasteiger partial charge is 0.310 e. The van der Waals surface area contributed by atoms with Crippen molar-refractivity contribution in [2.75, 3.05) is 4.90 Å². The Morgan fingerprint density at radius 3 is 0.570 bits per heavy atom. The third kappa shape index (κ3) is 10.4. The summed E-state index contributed by atoms with van der Waals surface area (Å²) in [5.41, 5.74) is 27.0. The van der Waals surface area contributed by atoms with E-state index in [9.17, 15) is 0 Å². The molecule has 0 fully saturated rings. The average molecular weight is 1010 g/mol. The molecule has 13 aromatic carbocycles. The first-order valence-corrected chi connectivity index (χ1v) is 27.1. The van der Waals surface area contributed by atoms with Gasteiger partial charge >= 0.3 is 0 Å². The van der Waals surface area contributed by atoms with Gasteiger partial charge < -0.3 is 4.90 Å². The van der Waals surface area contributed by atoms with Crippen molar-refractivity contribution in [3.8, 4) is 111 Å². The Hall–Kier alpha value is -10.3. The molecule has 0 spiro atoms. The van der Waals surface area contributed by atoms with Crippen molar-refractivity contribution in [3.63, 3.8) is 0 Å². The van der Waals surface area contributed by atoms with Crippen LogP contribution in [0, 0.1) is 0 Å². The monoisotopic (exact) mass is 1010 g/mol. The Bertz CT molecular complexity index is 3860. The highest BCUT2D eigenvalue weighted by atomic mass is 15.1. The van der Waals surface area contributed by atoms with E-state index in [1.165, 1.54) is 89.0 Å². The molecule has 0 aliphatic heterocycles. The van der Waals surface area contributed by atoms with E-state index in [4.69, 9.17) is 0 Å². The maximum Gasteiger partial charge on any atom is 0.0473 e. The maximum absolute atomic E-state index is 2.40. The number of anilines is 3. The van der Waals surface area contributed by atoms with Crippen LogP contribution in [0.3, 0.4) is 0 Å². The van der Waals surface area contributed by atoms with Crippen LogP contribution in [0.2, 0.25) is 0 Å². The Kier molecular flexibility index (Phi) is 13.5. The zero-order valence-corrected chi connectivity index (χ0v) is 43.7. The first kappa shape index (κ1) is 48.3. The zero-order valence-electron chi connectivity index (χ0n) is 43.7. The van der Waals surface area contributed by atoms with Gasteiger partial charge in [-0.25, -0.2) is 0 Å². The molecular weight excluding hydrogens is 951 g/mol. The zero-order chi connectivity index (χ0) is 52.7. The van der Waals surface area contributed by atoms with E-state index in [1.54, 1.807) is 0 Å². The van der Waals surface area contributed by atoms with Gasteiger partial charge in [-0.05, 0) is 154 Å². The smallest absolute Gasteiger partial charge is 0.0473 e. The van der Waals surface area contributed by atoms with Crippen LogP contribution in [0.1, 0.15) is 0 Å². The van der Waals surface area contributed by atoms with E-state index in [0.717, 1.165) is 39.3 Å². The van der Waals surface area contributed by atoms with Crippen LogP contribution in [-0.2, 0) is 0 Å². The van der Waals surface area contributed by atoms with Crippen molar-refractivity contribution in [2.45, 2.75) is 0 Å². The fourth-order valence-electron chi connectivity index (χ4n) is 11.0. The van der Waals surface area contributed by atoms with E-state index in [2.05, 4.69) is 339 Å². The minimum absolute atomic E-state index is 1.07. The first-order valence-electron chi connectivity index (χ1n) is 27.1. The summed E-state index contributed by atoms with van der Waals surface area (Å²) in [6, 6.07) is 121. The summed E-state index contributed by atoms with van der Waals surface area (Å²) in [5.74, 6) is 0. The fourth-order valence-corrected chi connectivity index (χ4v) is 11.0. The van der Waals surface area contributed by atoms with Gasteiger partial charge in [-0.1, -0.05) is 291 Å². The standard InChI is InChI=1S/C78H55N/c1-5-17-56(18-6-1)60-29-33-62(34-30-60)64-37-41-66(42-38-64)75-25-13-15-27-77(75)68-45-49-72(50-46-68)79(74-54-70(58-21-9-3-10-22-58)53-71(55-74)59-23-11-4-12-24-59)73-51-47-69(48-52-73)78-28-16-14-26-76(78)67-43-39-65(40-44-67)63-35-31-61(32-36-63)57-19-7-2-8-20-57/h1-55H. The molecule has 372 valence electrons. The lowest BCUT2D eigenvalue weighted by Gasteiger charge is -2.27. The van der Waals surface area contributed by atoms with Gasteiger partial charge in [0.25, 0.3) is 0 Å². The molecule has 0 radical (unpaired) electrons. The van der Waals surface area contributed by atoms with Crippen molar-refractivity contribution in [1.29, 1.82) is 0 Å². The van der Waals surface area contributed by atoms with E-state index in [1.807, 2.05) is 0 Å². The minimum Gasteiger partial charge on any atom is -0.310 e. The van der Waals surface area contributed by atoms with Crippen LogP contribution >= 0.6 is 0 Å². The van der Waals surface area contributed by atoms with Gasteiger partial charge in [-0.2, -0.15) is 0 Å². The van der Waals surface area contributed by atoms with Crippen LogP contribution < -0.4 is 4.90 Å². The van der Waals surface area contributed by atoms with Crippen LogP contribution in [0.4, 0.5) is 17.1 Å². The van der Waals surface area contributed by atoms with Gasteiger partial charge in [0.2, 0.25) is 0 Å². The second-order valence-electron chi connectivity index (χ2n) is 20.1. The normalized spacial score (nSPS) is 11.0. The molecular formula is C78H55N. The van der Waals surface area contributed by atoms with Gasteiger partial charge in [-0.15, -0.1) is 0 Å². The lowest BCUT2D eigenvalue weighted by atomic mass is 9.92. The molecule has 0 aliphatic carbocycles. The molecule has 13 rings (SSSR count). The summed E-state index contributed by atoms with van der Waals surface area (Å²) in [5, 5.41) is 0. The molecule has 13 aromatic rings. The summed E-state index contributed by atoms with van der Waals surface area (Å²) in [4.78, 5) is 2.40. The first-order chi connectivity index (χ1) is 39.1. The molecule has 79 heavy (non-hydrogen) atoms. The number of benzene rings is 13. The Morgan fingerprint density at radius 1 is 0.127 bits per heavy atom. The van der Waals surface area contributed by atoms with E-state index >= 15 is 0 Å². The van der Waals surface area contributed by atoms with Crippen LogP contribution in [0.25, 0.3) is 111 Å². The highest BCUT2D eigenvalue weighted by Crippen LogP contribution is 2.43. The third-order valence-electron chi connectivity index (χ3n) is 15.2. The Balaban J connectivity index is 0.835. The predicted octanol–water partition coefficient (Wildman–Crippen LogP) is 21.8. The van der Waals surface area contributed by atoms with Crippen molar-refractivity contribution in [1.82, 2.24) is 0 Å². The Morgan fingerprint density at radius 2 is 0.316 bits per heavy atom. The van der Waals surface area contributed by atoms with Crippen molar-refractivity contribution in [3.05, 3.63) is 334 Å². The van der Waals surface area contributed by atoms with E-state index in [-0.39, 0.29) is 0 Å². The molecule has 0 amide bonds. The lowest BCUT2D eigenvalue weighted by Crippen LogP contribution is -2.10. The topological polar surface area (TPSA) is 3.24 Å². The highest BCUT2D eigenvalue weighted by molar-refractivity contribution is 5.90. The van der Waals surface area contributed by atoms with E-state index < -0.39 is 0 Å². The summed E-state index contributed by atoms with van der Waals surface area (Å²) >= 11 is 0. The average Bonchev–Trinajstić information content (AvgIpc) is 3.57. The number of hydrogen-bond acceptors (Lipinski definition) is 1. The van der Waals surface area contributed by atoms with Crippen LogP contribution in [0.15, 0.2) is 334 Å². The Labute approximate surface area is 464 Å². The van der Waals surface area contributed by atoms with Gasteiger partial charge in [0.05, 0.1) is 0 Å². The molecule has 1 heteroatoms. The second-order valence-corrected chi connectivity index (χ2v) is 20.1. The van der Waals surface area contributed by atoms with Crippen molar-refractivity contribution in [2.24, 2.45) is 0 Å². The third-order valence-corrected chi connectivity index (χ3v) is 15.2. The van der Waals surface area contributed by atoms with Crippen LogP contribution in [-0.4, -0.2) is 0 Å². The predicted molar refractivity (Wildman–Crippen MR) is 335 cm³/mol. The summed E-state index contributed by atoms with van der Waals surface area (Å²) in [6.07, 6.45) is 0. The summed E-state index contributed by atoms with van der Waals surface area (Å²) in [7, 11) is 0. The second kappa shape index (κ2) is 22.1. The summed E-state index contributed by atoms with van der Waals surface area (Å²) < 4.78 is 0. The molecule has 0 aliphatic rings. The molecule has 1 nitrogen and oxygen atoms in total. The highest BCUT2D eigenvalue weighted by Gasteiger charge is 2.18. The number of hydrogen-bond donors (Lipinski definition) is 0. The number of rotatable bonds is 13. The molecule has 0 N–H and O–H groups in total. The molecule has 0 atom stereocenters. The van der Waals surface area contributed by atoms with E-state index in [0.29, 0.717) is 0 Å². The quantitative estimate of drug-likeness (QED) is 0.111. The summed E-state index contributed by atoms with van der Waals surface area (Å²) in [6.45, 7) is 0. The maximum atomic E-state index is 2.40. The molecule has 0 bridgehead atoms. The molecule has 0 saturated heterocycles. The minimum atomic E-state index is 1.07. The van der Waals surface area contributed by atoms with Crippen molar-refractivity contribution >= 4 is 17.1 Å². The number of nitrogens with zero attached hydrogens (tertiary/aromatic N) is 1.